The van der Waals surface area contributed by atoms with E-state index in [2.05, 4.69) is 79.9 Å². The van der Waals surface area contributed by atoms with Gasteiger partial charge in [-0.05, 0) is 57.8 Å². The highest BCUT2D eigenvalue weighted by molar-refractivity contribution is 5.76. The number of aliphatic hydroxyl groups is 11. The van der Waals surface area contributed by atoms with E-state index in [0.717, 1.165) is 77.0 Å². The van der Waals surface area contributed by atoms with Crippen LogP contribution in [-0.2, 0) is 33.2 Å². The molecular formula is C88H161NO18. The summed E-state index contributed by atoms with van der Waals surface area (Å²) in [6.45, 7) is 1.74. The van der Waals surface area contributed by atoms with Crippen LogP contribution >= 0.6 is 0 Å². The first-order chi connectivity index (χ1) is 52.3. The lowest BCUT2D eigenvalue weighted by Crippen LogP contribution is -2.66. The van der Waals surface area contributed by atoms with Crippen molar-refractivity contribution in [1.82, 2.24) is 5.32 Å². The maximum absolute atomic E-state index is 13.5. The molecule has 3 rings (SSSR count). The number of nitrogens with one attached hydrogen (secondary N) is 1. The molecule has 12 N–H and O–H groups in total. The molecule has 0 spiro atoms. The van der Waals surface area contributed by atoms with E-state index in [1.165, 1.54) is 250 Å². The number of hydrogen-bond acceptors (Lipinski definition) is 18. The van der Waals surface area contributed by atoms with E-state index >= 15 is 0 Å². The van der Waals surface area contributed by atoms with Gasteiger partial charge in [-0.15, -0.1) is 0 Å². The molecule has 0 aromatic rings. The number of carbonyl (C=O) groups excluding carboxylic acids is 1. The van der Waals surface area contributed by atoms with Crippen LogP contribution in [0.3, 0.4) is 0 Å². The van der Waals surface area contributed by atoms with Gasteiger partial charge in [-0.2, -0.15) is 0 Å². The van der Waals surface area contributed by atoms with Crippen LogP contribution in [0, 0.1) is 0 Å². The fourth-order valence-corrected chi connectivity index (χ4v) is 14.9. The van der Waals surface area contributed by atoms with Crippen molar-refractivity contribution in [2.45, 2.75) is 465 Å². The van der Waals surface area contributed by atoms with Crippen molar-refractivity contribution in [2.24, 2.45) is 0 Å². The molecule has 0 bridgehead atoms. The first-order valence-electron chi connectivity index (χ1n) is 44.0. The smallest absolute Gasteiger partial charge is 0.220 e. The van der Waals surface area contributed by atoms with Crippen molar-refractivity contribution in [1.29, 1.82) is 0 Å². The van der Waals surface area contributed by atoms with E-state index in [1.54, 1.807) is 0 Å². The average molecular weight is 1520 g/mol. The molecule has 0 radical (unpaired) electrons. The fraction of sp³-hybridized carbons (Fsp3) is 0.875. The van der Waals surface area contributed by atoms with Crippen LogP contribution < -0.4 is 5.32 Å². The van der Waals surface area contributed by atoms with Gasteiger partial charge in [-0.1, -0.05) is 357 Å². The molecule has 19 heteroatoms. The van der Waals surface area contributed by atoms with Crippen LogP contribution in [0.4, 0.5) is 0 Å². The van der Waals surface area contributed by atoms with Gasteiger partial charge in [0.05, 0.1) is 38.6 Å². The van der Waals surface area contributed by atoms with Crippen LogP contribution in [0.2, 0.25) is 0 Å². The summed E-state index contributed by atoms with van der Waals surface area (Å²) in [5, 5.41) is 121. The van der Waals surface area contributed by atoms with Gasteiger partial charge in [0, 0.05) is 6.42 Å². The molecule has 0 saturated carbocycles. The van der Waals surface area contributed by atoms with E-state index in [-0.39, 0.29) is 18.9 Å². The number of unbranched alkanes of at least 4 members (excludes halogenated alkanes) is 45. The Morgan fingerprint density at radius 2 is 0.645 bits per heavy atom. The van der Waals surface area contributed by atoms with E-state index in [1.807, 2.05) is 0 Å². The summed E-state index contributed by atoms with van der Waals surface area (Å²) in [5.74, 6) is -0.236. The Kier molecular flexibility index (Phi) is 62.7. The van der Waals surface area contributed by atoms with Crippen molar-refractivity contribution in [3.63, 3.8) is 0 Å². The molecule has 3 saturated heterocycles. The maximum atomic E-state index is 13.5. The molecule has 626 valence electrons. The molecular weight excluding hydrogens is 1360 g/mol. The monoisotopic (exact) mass is 1520 g/mol. The third-order valence-electron chi connectivity index (χ3n) is 21.9. The second-order valence-electron chi connectivity index (χ2n) is 31.3. The Morgan fingerprint density at radius 3 is 1.01 bits per heavy atom. The lowest BCUT2D eigenvalue weighted by molar-refractivity contribution is -0.379. The lowest BCUT2D eigenvalue weighted by Gasteiger charge is -2.48. The minimum absolute atomic E-state index is 0.236. The number of hydrogen-bond donors (Lipinski definition) is 12. The molecule has 3 aliphatic rings. The summed E-state index contributed by atoms with van der Waals surface area (Å²) < 4.78 is 34.6. The summed E-state index contributed by atoms with van der Waals surface area (Å²) in [7, 11) is 0. The quantitative estimate of drug-likeness (QED) is 0.0199. The molecule has 17 unspecified atom stereocenters. The Balaban J connectivity index is 1.31. The van der Waals surface area contributed by atoms with Crippen LogP contribution in [-0.4, -0.2) is 193 Å². The zero-order chi connectivity index (χ0) is 77.4. The highest BCUT2D eigenvalue weighted by atomic mass is 16.8. The first-order valence-corrected chi connectivity index (χ1v) is 44.0. The molecule has 0 aromatic carbocycles. The highest BCUT2D eigenvalue weighted by Crippen LogP contribution is 2.34. The van der Waals surface area contributed by atoms with Gasteiger partial charge in [0.25, 0.3) is 0 Å². The molecule has 3 fully saturated rings. The third kappa shape index (κ3) is 47.1. The predicted octanol–water partition coefficient (Wildman–Crippen LogP) is 16.2. The van der Waals surface area contributed by atoms with Crippen molar-refractivity contribution in [3.8, 4) is 0 Å². The summed E-state index contributed by atoms with van der Waals surface area (Å²) in [6.07, 6.45) is 61.8. The maximum Gasteiger partial charge on any atom is 0.220 e. The van der Waals surface area contributed by atoms with Crippen molar-refractivity contribution < 1.29 is 89.4 Å². The van der Waals surface area contributed by atoms with E-state index < -0.39 is 124 Å². The predicted molar refractivity (Wildman–Crippen MR) is 429 cm³/mol. The minimum Gasteiger partial charge on any atom is -0.394 e. The Hall–Kier alpha value is -2.51. The number of rotatable bonds is 71. The SMILES string of the molecule is CC/C=C\C/C=C\C/C=C\C/C=C\C/C=C\CCCCCCCCCCCCCCCCCCCCCCCC(=O)NC(COC1OC(CO)C(OC2OC(CO)C(OC3OC(CO)C(O)C(O)C3O)C(O)C2O)C(O)C1O)C(O)CCCCCCCCCCCCCCCCCCCCCCCCCCC. The Morgan fingerprint density at radius 1 is 0.346 bits per heavy atom. The molecule has 0 aliphatic carbocycles. The Labute approximate surface area is 649 Å². The highest BCUT2D eigenvalue weighted by Gasteiger charge is 2.54. The molecule has 0 aromatic heterocycles. The summed E-state index contributed by atoms with van der Waals surface area (Å²) >= 11 is 0. The van der Waals surface area contributed by atoms with Crippen molar-refractivity contribution >= 4 is 5.91 Å². The normalized spacial score (nSPS) is 25.8. The molecule has 107 heavy (non-hydrogen) atoms. The number of amides is 1. The summed E-state index contributed by atoms with van der Waals surface area (Å²) in [4.78, 5) is 13.5. The molecule has 3 aliphatic heterocycles. The first kappa shape index (κ1) is 98.7. The van der Waals surface area contributed by atoms with E-state index in [9.17, 15) is 61.0 Å². The Bertz CT molecular complexity index is 2160. The van der Waals surface area contributed by atoms with Gasteiger partial charge in [0.15, 0.2) is 18.9 Å². The number of ether oxygens (including phenoxy) is 6. The third-order valence-corrected chi connectivity index (χ3v) is 21.9. The lowest BCUT2D eigenvalue weighted by atomic mass is 9.96. The zero-order valence-corrected chi connectivity index (χ0v) is 67.4. The summed E-state index contributed by atoms with van der Waals surface area (Å²) in [5.41, 5.74) is 0. The van der Waals surface area contributed by atoms with Crippen molar-refractivity contribution in [3.05, 3.63) is 60.8 Å². The number of aliphatic hydroxyl groups excluding tert-OH is 11. The van der Waals surface area contributed by atoms with Crippen LogP contribution in [0.25, 0.3) is 0 Å². The van der Waals surface area contributed by atoms with Gasteiger partial charge in [-0.25, -0.2) is 0 Å². The van der Waals surface area contributed by atoms with Gasteiger partial charge in [0.2, 0.25) is 5.91 Å². The average Bonchev–Trinajstić information content (AvgIpc) is 0.781. The van der Waals surface area contributed by atoms with Gasteiger partial charge in [-0.3, -0.25) is 4.79 Å². The van der Waals surface area contributed by atoms with Crippen LogP contribution in [0.15, 0.2) is 60.8 Å². The number of carbonyl (C=O) groups is 1. The molecule has 17 atom stereocenters. The van der Waals surface area contributed by atoms with Crippen LogP contribution in [0.1, 0.15) is 361 Å². The second kappa shape index (κ2) is 67.9. The van der Waals surface area contributed by atoms with Crippen LogP contribution in [0.5, 0.6) is 0 Å². The minimum atomic E-state index is -1.97. The zero-order valence-electron chi connectivity index (χ0n) is 67.4. The van der Waals surface area contributed by atoms with E-state index in [0.29, 0.717) is 12.8 Å². The molecule has 19 nitrogen and oxygen atoms in total. The molecule has 3 heterocycles. The van der Waals surface area contributed by atoms with Gasteiger partial charge in [0.1, 0.15) is 73.2 Å². The molecule has 1 amide bonds. The van der Waals surface area contributed by atoms with Gasteiger partial charge < -0.3 is 89.9 Å². The largest absolute Gasteiger partial charge is 0.394 e. The summed E-state index contributed by atoms with van der Waals surface area (Å²) in [6, 6.07) is -0.889. The van der Waals surface area contributed by atoms with E-state index in [4.69, 9.17) is 28.4 Å². The fourth-order valence-electron chi connectivity index (χ4n) is 14.9. The van der Waals surface area contributed by atoms with Gasteiger partial charge >= 0.3 is 0 Å². The number of allylic oxidation sites excluding steroid dienone is 10. The standard InChI is InChI=1S/C88H161NO18/c1-3-5-7-9-11-13-15-17-19-21-23-25-27-29-30-31-32-33-34-35-36-37-38-39-40-42-44-46-48-50-52-54-56-58-60-62-64-66-76(94)89-71(72(93)65-63-61-59-57-55-53-51-49-47-45-43-41-28-26-24-22-20-18-16-14-12-10-8-6-4-2)70-102-86-82(100)79(97)84(74(68-91)104-86)107-88-83(101)80(98)85(75(69-92)105-88)106-87-81(99)78(96)77(95)73(67-90)103-87/h5,7,11,13,17,19,23,25,29-30,71-75,77-88,90-93,95-101H,3-4,6,8-10,12,14-16,18,20-22,24,26-28,31-70H2,1-2H3,(H,89,94)/b7-5-,13-11-,19-17-,25-23-,30-29-. The second-order valence-corrected chi connectivity index (χ2v) is 31.3. The van der Waals surface area contributed by atoms with Crippen molar-refractivity contribution in [2.75, 3.05) is 26.4 Å². The topological polar surface area (TPSA) is 307 Å².